The van der Waals surface area contributed by atoms with Gasteiger partial charge in [-0.3, -0.25) is 9.89 Å². The zero-order valence-electron chi connectivity index (χ0n) is 16.2. The van der Waals surface area contributed by atoms with Gasteiger partial charge in [-0.15, -0.1) is 0 Å². The van der Waals surface area contributed by atoms with Crippen LogP contribution < -0.4 is 5.32 Å². The predicted octanol–water partition coefficient (Wildman–Crippen LogP) is 2.70. The Hall–Kier alpha value is -2.27. The van der Waals surface area contributed by atoms with Crippen molar-refractivity contribution in [3.8, 4) is 0 Å². The van der Waals surface area contributed by atoms with Crippen molar-refractivity contribution >= 4 is 5.96 Å². The van der Waals surface area contributed by atoms with Crippen LogP contribution >= 0.6 is 0 Å². The van der Waals surface area contributed by atoms with Crippen molar-refractivity contribution in [1.29, 1.82) is 0 Å². The normalized spacial score (nSPS) is 18.3. The summed E-state index contributed by atoms with van der Waals surface area (Å²) < 4.78 is 2.16. The summed E-state index contributed by atoms with van der Waals surface area (Å²) in [6.07, 6.45) is 4.61. The standard InChI is InChI=1S/C21H31N5/c1-22-21(25(3)17-20-12-7-13-24(20)2)23-15-19-11-8-14-26(19)16-18-9-5-4-6-10-18/h4-7,9-10,12-13,19H,8,11,14-17H2,1-3H3,(H,22,23). The molecule has 3 rings (SSSR count). The molecule has 1 atom stereocenters. The maximum absolute atomic E-state index is 4.47. The van der Waals surface area contributed by atoms with E-state index in [2.05, 4.69) is 87.4 Å². The molecule has 1 aromatic carbocycles. The molecule has 0 saturated carbocycles. The summed E-state index contributed by atoms with van der Waals surface area (Å²) in [6, 6.07) is 15.6. The van der Waals surface area contributed by atoms with Gasteiger partial charge in [-0.05, 0) is 37.1 Å². The molecule has 140 valence electrons. The van der Waals surface area contributed by atoms with E-state index in [-0.39, 0.29) is 0 Å². The highest BCUT2D eigenvalue weighted by atomic mass is 15.3. The van der Waals surface area contributed by atoms with Crippen LogP contribution in [-0.2, 0) is 20.1 Å². The maximum atomic E-state index is 4.47. The fourth-order valence-electron chi connectivity index (χ4n) is 3.72. The van der Waals surface area contributed by atoms with Crippen LogP contribution in [0, 0.1) is 0 Å². The number of hydrogen-bond donors (Lipinski definition) is 1. The number of aromatic nitrogens is 1. The molecule has 2 aromatic rings. The van der Waals surface area contributed by atoms with Gasteiger partial charge in [-0.2, -0.15) is 0 Å². The minimum atomic E-state index is 0.565. The van der Waals surface area contributed by atoms with Gasteiger partial charge in [0.2, 0.25) is 0 Å². The lowest BCUT2D eigenvalue weighted by Crippen LogP contribution is -2.45. The van der Waals surface area contributed by atoms with E-state index in [1.54, 1.807) is 0 Å². The van der Waals surface area contributed by atoms with Gasteiger partial charge in [0.15, 0.2) is 5.96 Å². The molecule has 0 bridgehead atoms. The second kappa shape index (κ2) is 8.90. The Balaban J connectivity index is 1.53. The Bertz CT molecular complexity index is 706. The molecule has 26 heavy (non-hydrogen) atoms. The number of likely N-dealkylation sites (tertiary alicyclic amines) is 1. The molecule has 1 saturated heterocycles. The highest BCUT2D eigenvalue weighted by Crippen LogP contribution is 2.19. The molecule has 1 fully saturated rings. The highest BCUT2D eigenvalue weighted by Gasteiger charge is 2.24. The van der Waals surface area contributed by atoms with Gasteiger partial charge in [-0.1, -0.05) is 30.3 Å². The first kappa shape index (κ1) is 18.5. The van der Waals surface area contributed by atoms with Crippen molar-refractivity contribution in [3.05, 3.63) is 59.9 Å². The number of aryl methyl sites for hydroxylation is 1. The molecule has 5 heteroatoms. The molecular formula is C21H31N5. The number of rotatable bonds is 6. The third kappa shape index (κ3) is 4.67. The lowest BCUT2D eigenvalue weighted by Gasteiger charge is -2.28. The summed E-state index contributed by atoms with van der Waals surface area (Å²) in [5, 5.41) is 3.58. The molecule has 2 heterocycles. The molecule has 5 nitrogen and oxygen atoms in total. The van der Waals surface area contributed by atoms with Gasteiger partial charge < -0.3 is 14.8 Å². The van der Waals surface area contributed by atoms with E-state index in [0.29, 0.717) is 6.04 Å². The second-order valence-corrected chi connectivity index (χ2v) is 7.15. The number of nitrogens with one attached hydrogen (secondary N) is 1. The Morgan fingerprint density at radius 2 is 2.04 bits per heavy atom. The van der Waals surface area contributed by atoms with Crippen LogP contribution in [0.25, 0.3) is 0 Å². The Labute approximate surface area is 157 Å². The number of benzene rings is 1. The van der Waals surface area contributed by atoms with Crippen LogP contribution in [0.1, 0.15) is 24.1 Å². The van der Waals surface area contributed by atoms with Crippen LogP contribution in [0.2, 0.25) is 0 Å². The number of guanidine groups is 1. The summed E-state index contributed by atoms with van der Waals surface area (Å²) in [5.74, 6) is 0.956. The van der Waals surface area contributed by atoms with Crippen molar-refractivity contribution < 1.29 is 0 Å². The number of aliphatic imine (C=N–C) groups is 1. The quantitative estimate of drug-likeness (QED) is 0.641. The van der Waals surface area contributed by atoms with Gasteiger partial charge in [-0.25, -0.2) is 0 Å². The van der Waals surface area contributed by atoms with E-state index in [1.165, 1.54) is 30.6 Å². The van der Waals surface area contributed by atoms with E-state index < -0.39 is 0 Å². The lowest BCUT2D eigenvalue weighted by atomic mass is 10.2. The minimum absolute atomic E-state index is 0.565. The van der Waals surface area contributed by atoms with E-state index in [0.717, 1.165) is 25.6 Å². The molecular weight excluding hydrogens is 322 g/mol. The summed E-state index contributed by atoms with van der Waals surface area (Å²) in [6.45, 7) is 4.00. The van der Waals surface area contributed by atoms with Gasteiger partial charge >= 0.3 is 0 Å². The summed E-state index contributed by atoms with van der Waals surface area (Å²) in [7, 11) is 6.04. The van der Waals surface area contributed by atoms with Crippen LogP contribution in [0.4, 0.5) is 0 Å². The Morgan fingerprint density at radius 1 is 1.23 bits per heavy atom. The molecule has 0 spiro atoms. The minimum Gasteiger partial charge on any atom is -0.355 e. The van der Waals surface area contributed by atoms with Gasteiger partial charge in [0, 0.05) is 52.2 Å². The fourth-order valence-corrected chi connectivity index (χ4v) is 3.72. The molecule has 0 amide bonds. The topological polar surface area (TPSA) is 35.8 Å². The first-order valence-electron chi connectivity index (χ1n) is 9.47. The smallest absolute Gasteiger partial charge is 0.193 e. The largest absolute Gasteiger partial charge is 0.355 e. The monoisotopic (exact) mass is 353 g/mol. The van der Waals surface area contributed by atoms with Gasteiger partial charge in [0.05, 0.1) is 6.54 Å². The Kier molecular flexibility index (Phi) is 6.34. The Morgan fingerprint density at radius 3 is 2.73 bits per heavy atom. The van der Waals surface area contributed by atoms with Crippen LogP contribution in [-0.4, -0.2) is 53.6 Å². The van der Waals surface area contributed by atoms with Crippen LogP contribution in [0.3, 0.4) is 0 Å². The molecule has 1 aliphatic rings. The third-order valence-corrected chi connectivity index (χ3v) is 5.25. The van der Waals surface area contributed by atoms with E-state index in [4.69, 9.17) is 0 Å². The van der Waals surface area contributed by atoms with Crippen molar-refractivity contribution in [2.45, 2.75) is 32.0 Å². The fraction of sp³-hybridized carbons (Fsp3) is 0.476. The van der Waals surface area contributed by atoms with Crippen molar-refractivity contribution in [2.75, 3.05) is 27.2 Å². The third-order valence-electron chi connectivity index (χ3n) is 5.25. The first-order valence-corrected chi connectivity index (χ1v) is 9.47. The van der Waals surface area contributed by atoms with Crippen molar-refractivity contribution in [2.24, 2.45) is 12.0 Å². The highest BCUT2D eigenvalue weighted by molar-refractivity contribution is 5.79. The summed E-state index contributed by atoms with van der Waals surface area (Å²) in [5.41, 5.74) is 2.67. The zero-order chi connectivity index (χ0) is 18.4. The first-order chi connectivity index (χ1) is 12.7. The van der Waals surface area contributed by atoms with Crippen molar-refractivity contribution in [1.82, 2.24) is 19.7 Å². The zero-order valence-corrected chi connectivity index (χ0v) is 16.2. The molecule has 1 N–H and O–H groups in total. The van der Waals surface area contributed by atoms with E-state index >= 15 is 0 Å². The van der Waals surface area contributed by atoms with Gasteiger partial charge in [0.1, 0.15) is 0 Å². The molecule has 0 radical (unpaired) electrons. The average molecular weight is 354 g/mol. The maximum Gasteiger partial charge on any atom is 0.193 e. The number of nitrogens with zero attached hydrogens (tertiary/aromatic N) is 4. The van der Waals surface area contributed by atoms with Crippen LogP contribution in [0.5, 0.6) is 0 Å². The summed E-state index contributed by atoms with van der Waals surface area (Å²) >= 11 is 0. The SMILES string of the molecule is CN=C(NCC1CCCN1Cc1ccccc1)N(C)Cc1cccn1C. The van der Waals surface area contributed by atoms with Gasteiger partial charge in [0.25, 0.3) is 0 Å². The summed E-state index contributed by atoms with van der Waals surface area (Å²) in [4.78, 5) is 9.25. The molecule has 1 unspecified atom stereocenters. The average Bonchev–Trinajstić information content (AvgIpc) is 3.26. The van der Waals surface area contributed by atoms with E-state index in [9.17, 15) is 0 Å². The predicted molar refractivity (Wildman–Crippen MR) is 108 cm³/mol. The van der Waals surface area contributed by atoms with Crippen LogP contribution in [0.15, 0.2) is 53.7 Å². The molecule has 1 aliphatic heterocycles. The second-order valence-electron chi connectivity index (χ2n) is 7.15. The number of hydrogen-bond acceptors (Lipinski definition) is 2. The van der Waals surface area contributed by atoms with Crippen molar-refractivity contribution in [3.63, 3.8) is 0 Å². The van der Waals surface area contributed by atoms with E-state index in [1.807, 2.05) is 7.05 Å². The molecule has 1 aromatic heterocycles. The molecule has 0 aliphatic carbocycles. The lowest BCUT2D eigenvalue weighted by molar-refractivity contribution is 0.243.